The van der Waals surface area contributed by atoms with Crippen molar-refractivity contribution in [2.24, 2.45) is 0 Å². The fourth-order valence-corrected chi connectivity index (χ4v) is 4.71. The van der Waals surface area contributed by atoms with Crippen molar-refractivity contribution < 1.29 is 23.5 Å². The average Bonchev–Trinajstić information content (AvgIpc) is 3.07. The molecule has 5 rings (SSSR count). The van der Waals surface area contributed by atoms with E-state index in [4.69, 9.17) is 9.47 Å². The molecule has 0 saturated carbocycles. The van der Waals surface area contributed by atoms with E-state index in [-0.39, 0.29) is 24.4 Å². The molecule has 1 unspecified atom stereocenters. The molecule has 3 aromatic rings. The van der Waals surface area contributed by atoms with Crippen LogP contribution in [0.4, 0.5) is 14.9 Å². The van der Waals surface area contributed by atoms with Crippen molar-refractivity contribution >= 4 is 17.7 Å². The van der Waals surface area contributed by atoms with Gasteiger partial charge in [0, 0.05) is 30.8 Å². The number of halogens is 1. The minimum Gasteiger partial charge on any atom is -0.489 e. The standard InChI is InChI=1S/C28H27FN2O4/c29-23-12-10-21(11-13-23)19-34-25-9-4-6-22(18-25)26(32)30-16-5-14-28(15-17-30)20-31(27(33)35-28)24-7-2-1-3-8-24/h1-4,6-13,18H,5,14-17,19-20H2. The molecule has 1 atom stereocenters. The second-order valence-electron chi connectivity index (χ2n) is 9.06. The molecule has 3 aromatic carbocycles. The van der Waals surface area contributed by atoms with Gasteiger partial charge in [-0.15, -0.1) is 0 Å². The molecule has 2 aliphatic heterocycles. The number of ether oxygens (including phenoxy) is 2. The summed E-state index contributed by atoms with van der Waals surface area (Å²) in [6.07, 6.45) is 1.73. The second kappa shape index (κ2) is 9.78. The minimum atomic E-state index is -0.581. The van der Waals surface area contributed by atoms with Crippen LogP contribution in [0.15, 0.2) is 78.9 Å². The average molecular weight is 475 g/mol. The first kappa shape index (κ1) is 22.9. The maximum Gasteiger partial charge on any atom is 0.415 e. The molecular formula is C28H27FN2O4. The van der Waals surface area contributed by atoms with Crippen LogP contribution in [0.5, 0.6) is 5.75 Å². The summed E-state index contributed by atoms with van der Waals surface area (Å²) in [5, 5.41) is 0. The highest BCUT2D eigenvalue weighted by molar-refractivity contribution is 5.94. The first-order valence-electron chi connectivity index (χ1n) is 11.8. The smallest absolute Gasteiger partial charge is 0.415 e. The topological polar surface area (TPSA) is 59.1 Å². The van der Waals surface area contributed by atoms with Crippen molar-refractivity contribution in [3.05, 3.63) is 95.8 Å². The monoisotopic (exact) mass is 474 g/mol. The lowest BCUT2D eigenvalue weighted by Gasteiger charge is -2.25. The quantitative estimate of drug-likeness (QED) is 0.495. The van der Waals surface area contributed by atoms with Crippen molar-refractivity contribution in [3.63, 3.8) is 0 Å². The maximum atomic E-state index is 13.3. The molecule has 0 bridgehead atoms. The zero-order chi connectivity index (χ0) is 24.3. The van der Waals surface area contributed by atoms with E-state index in [0.29, 0.717) is 43.8 Å². The number of hydrogen-bond acceptors (Lipinski definition) is 4. The summed E-state index contributed by atoms with van der Waals surface area (Å²) >= 11 is 0. The lowest BCUT2D eigenvalue weighted by Crippen LogP contribution is -2.37. The maximum absolute atomic E-state index is 13.3. The van der Waals surface area contributed by atoms with E-state index in [1.807, 2.05) is 35.2 Å². The van der Waals surface area contributed by atoms with Gasteiger partial charge in [0.25, 0.3) is 5.91 Å². The Morgan fingerprint density at radius 3 is 2.57 bits per heavy atom. The Balaban J connectivity index is 1.22. The highest BCUT2D eigenvalue weighted by Gasteiger charge is 2.46. The molecule has 0 aromatic heterocycles. The molecule has 0 N–H and O–H groups in total. The van der Waals surface area contributed by atoms with Crippen LogP contribution >= 0.6 is 0 Å². The number of amides is 2. The molecule has 2 heterocycles. The summed E-state index contributed by atoms with van der Waals surface area (Å²) in [6.45, 7) is 1.89. The number of carbonyl (C=O) groups excluding carboxylic acids is 2. The largest absolute Gasteiger partial charge is 0.489 e. The van der Waals surface area contributed by atoms with E-state index in [2.05, 4.69) is 0 Å². The SMILES string of the molecule is O=C(c1cccc(OCc2ccc(F)cc2)c1)N1CCCC2(CC1)CN(c1ccccc1)C(=O)O2. The van der Waals surface area contributed by atoms with Crippen LogP contribution in [-0.4, -0.2) is 42.1 Å². The molecular weight excluding hydrogens is 447 g/mol. The Morgan fingerprint density at radius 1 is 0.971 bits per heavy atom. The third kappa shape index (κ3) is 5.14. The molecule has 0 aliphatic carbocycles. The van der Waals surface area contributed by atoms with Crippen molar-refractivity contribution in [1.82, 2.24) is 4.90 Å². The van der Waals surface area contributed by atoms with Crippen LogP contribution in [0.2, 0.25) is 0 Å². The lowest BCUT2D eigenvalue weighted by molar-refractivity contribution is 0.0438. The van der Waals surface area contributed by atoms with Gasteiger partial charge in [0.2, 0.25) is 0 Å². The molecule has 2 amide bonds. The van der Waals surface area contributed by atoms with Crippen molar-refractivity contribution in [1.29, 1.82) is 0 Å². The first-order valence-corrected chi connectivity index (χ1v) is 11.8. The van der Waals surface area contributed by atoms with Crippen molar-refractivity contribution in [3.8, 4) is 5.75 Å². The van der Waals surface area contributed by atoms with Gasteiger partial charge in [-0.25, -0.2) is 9.18 Å². The Morgan fingerprint density at radius 2 is 1.77 bits per heavy atom. The zero-order valence-corrected chi connectivity index (χ0v) is 19.4. The number of nitrogens with zero attached hydrogens (tertiary/aromatic N) is 2. The van der Waals surface area contributed by atoms with Gasteiger partial charge in [0.05, 0.1) is 6.54 Å². The number of carbonyl (C=O) groups is 2. The predicted molar refractivity (Wildman–Crippen MR) is 130 cm³/mol. The fraction of sp³-hybridized carbons (Fsp3) is 0.286. The van der Waals surface area contributed by atoms with Gasteiger partial charge in [-0.1, -0.05) is 36.4 Å². The van der Waals surface area contributed by atoms with Gasteiger partial charge in [-0.3, -0.25) is 9.69 Å². The van der Waals surface area contributed by atoms with Crippen molar-refractivity contribution in [2.45, 2.75) is 31.5 Å². The van der Waals surface area contributed by atoms with Crippen LogP contribution in [0, 0.1) is 5.82 Å². The Kier molecular flexibility index (Phi) is 6.40. The van der Waals surface area contributed by atoms with Crippen LogP contribution in [0.25, 0.3) is 0 Å². The van der Waals surface area contributed by atoms with Crippen LogP contribution in [0.3, 0.4) is 0 Å². The number of benzene rings is 3. The normalized spacial score (nSPS) is 20.0. The first-order chi connectivity index (χ1) is 17.0. The molecule has 1 spiro atoms. The molecule has 2 aliphatic rings. The van der Waals surface area contributed by atoms with Gasteiger partial charge in [-0.2, -0.15) is 0 Å². The van der Waals surface area contributed by atoms with E-state index in [1.54, 1.807) is 41.3 Å². The number of rotatable bonds is 5. The third-order valence-corrected chi connectivity index (χ3v) is 6.62. The Bertz CT molecular complexity index is 1200. The van der Waals surface area contributed by atoms with Crippen LogP contribution in [-0.2, 0) is 11.3 Å². The number of likely N-dealkylation sites (tertiary alicyclic amines) is 1. The summed E-state index contributed by atoms with van der Waals surface area (Å²) < 4.78 is 24.8. The number of anilines is 1. The summed E-state index contributed by atoms with van der Waals surface area (Å²) in [4.78, 5) is 29.4. The highest BCUT2D eigenvalue weighted by Crippen LogP contribution is 2.36. The van der Waals surface area contributed by atoms with E-state index >= 15 is 0 Å². The second-order valence-corrected chi connectivity index (χ2v) is 9.06. The minimum absolute atomic E-state index is 0.0708. The van der Waals surface area contributed by atoms with Gasteiger partial charge < -0.3 is 14.4 Å². The summed E-state index contributed by atoms with van der Waals surface area (Å²) in [6, 6.07) is 22.8. The molecule has 7 heteroatoms. The highest BCUT2D eigenvalue weighted by atomic mass is 19.1. The van der Waals surface area contributed by atoms with Crippen molar-refractivity contribution in [2.75, 3.05) is 24.5 Å². The van der Waals surface area contributed by atoms with Crippen LogP contribution in [0.1, 0.15) is 35.2 Å². The van der Waals surface area contributed by atoms with E-state index in [0.717, 1.165) is 17.7 Å². The summed E-state index contributed by atoms with van der Waals surface area (Å²) in [5.74, 6) is 0.217. The zero-order valence-electron chi connectivity index (χ0n) is 19.4. The molecule has 180 valence electrons. The molecule has 2 saturated heterocycles. The van der Waals surface area contributed by atoms with E-state index < -0.39 is 5.60 Å². The molecule has 6 nitrogen and oxygen atoms in total. The Hall–Kier alpha value is -3.87. The summed E-state index contributed by atoms with van der Waals surface area (Å²) in [5.41, 5.74) is 1.63. The van der Waals surface area contributed by atoms with Crippen LogP contribution < -0.4 is 9.64 Å². The van der Waals surface area contributed by atoms with Gasteiger partial charge >= 0.3 is 6.09 Å². The van der Waals surface area contributed by atoms with Gasteiger partial charge in [0.15, 0.2) is 0 Å². The van der Waals surface area contributed by atoms with E-state index in [9.17, 15) is 14.0 Å². The third-order valence-electron chi connectivity index (χ3n) is 6.62. The van der Waals surface area contributed by atoms with E-state index in [1.165, 1.54) is 12.1 Å². The van der Waals surface area contributed by atoms with Gasteiger partial charge in [0.1, 0.15) is 23.8 Å². The fourth-order valence-electron chi connectivity index (χ4n) is 4.71. The molecule has 35 heavy (non-hydrogen) atoms. The number of para-hydroxylation sites is 1. The predicted octanol–water partition coefficient (Wildman–Crippen LogP) is 5.43. The van der Waals surface area contributed by atoms with Gasteiger partial charge in [-0.05, 0) is 60.9 Å². The number of hydrogen-bond donors (Lipinski definition) is 0. The summed E-state index contributed by atoms with van der Waals surface area (Å²) in [7, 11) is 0. The molecule has 0 radical (unpaired) electrons. The lowest BCUT2D eigenvalue weighted by atomic mass is 9.95. The molecule has 2 fully saturated rings. The Labute approximate surface area is 203 Å².